The Balaban J connectivity index is 1.61. The first-order chi connectivity index (χ1) is 21.8. The van der Waals surface area contributed by atoms with E-state index < -0.39 is 12.1 Å². The number of para-hydroxylation sites is 1. The molecule has 1 aliphatic carbocycles. The number of ether oxygens (including phenoxy) is 3. The molecule has 2 amide bonds. The second-order valence-electron chi connectivity index (χ2n) is 11.7. The zero-order valence-electron chi connectivity index (χ0n) is 26.8. The molecule has 10 nitrogen and oxygen atoms in total. The number of methoxy groups -OCH3 is 3. The van der Waals surface area contributed by atoms with Crippen molar-refractivity contribution in [2.45, 2.75) is 70.5 Å². The lowest BCUT2D eigenvalue weighted by molar-refractivity contribution is -0.143. The van der Waals surface area contributed by atoms with Gasteiger partial charge < -0.3 is 24.4 Å². The lowest BCUT2D eigenvalue weighted by Gasteiger charge is -2.35. The highest BCUT2D eigenvalue weighted by Crippen LogP contribution is 2.41. The van der Waals surface area contributed by atoms with Gasteiger partial charge in [0.1, 0.15) is 17.6 Å². The molecule has 0 bridgehead atoms. The van der Waals surface area contributed by atoms with Crippen LogP contribution >= 0.6 is 0 Å². The van der Waals surface area contributed by atoms with Gasteiger partial charge in [0.15, 0.2) is 11.5 Å². The van der Waals surface area contributed by atoms with Gasteiger partial charge in [-0.3, -0.25) is 9.59 Å². The summed E-state index contributed by atoms with van der Waals surface area (Å²) in [6, 6.07) is 17.6. The van der Waals surface area contributed by atoms with Gasteiger partial charge in [0, 0.05) is 12.6 Å². The van der Waals surface area contributed by atoms with E-state index in [4.69, 9.17) is 14.2 Å². The number of nitrogens with zero attached hydrogens (tertiary/aromatic N) is 4. The topological polar surface area (TPSA) is 108 Å². The first-order valence-electron chi connectivity index (χ1n) is 15.6. The number of rotatable bonds is 12. The van der Waals surface area contributed by atoms with Crippen LogP contribution in [0.5, 0.6) is 17.2 Å². The molecule has 238 valence electrons. The number of aromatic nitrogens is 3. The molecule has 0 saturated heterocycles. The van der Waals surface area contributed by atoms with E-state index in [9.17, 15) is 9.59 Å². The number of hydrogen-bond acceptors (Lipinski definition) is 7. The SMILES string of the molecule is COc1cc([C@@H](C(=O)NC2CCCCC2)N(CCc2cccc(C)c2)C(=O)[C@H](C)n2nnc3ccccc32)cc(OC)c1OC. The van der Waals surface area contributed by atoms with Gasteiger partial charge in [0.2, 0.25) is 17.6 Å². The maximum atomic E-state index is 14.7. The highest BCUT2D eigenvalue weighted by Gasteiger charge is 2.37. The molecule has 1 aliphatic rings. The predicted octanol–water partition coefficient (Wildman–Crippen LogP) is 5.59. The smallest absolute Gasteiger partial charge is 0.248 e. The van der Waals surface area contributed by atoms with Gasteiger partial charge in [0.25, 0.3) is 0 Å². The van der Waals surface area contributed by atoms with Crippen LogP contribution < -0.4 is 19.5 Å². The van der Waals surface area contributed by atoms with E-state index in [1.807, 2.05) is 49.4 Å². The van der Waals surface area contributed by atoms with Crippen molar-refractivity contribution < 1.29 is 23.8 Å². The number of nitrogens with one attached hydrogen (secondary N) is 1. The molecule has 1 fully saturated rings. The maximum absolute atomic E-state index is 14.7. The molecule has 5 rings (SSSR count). The molecule has 1 saturated carbocycles. The van der Waals surface area contributed by atoms with E-state index in [0.29, 0.717) is 41.3 Å². The van der Waals surface area contributed by atoms with Crippen LogP contribution in [-0.2, 0) is 16.0 Å². The minimum Gasteiger partial charge on any atom is -0.493 e. The highest BCUT2D eigenvalue weighted by atomic mass is 16.5. The summed E-state index contributed by atoms with van der Waals surface area (Å²) in [6.07, 6.45) is 5.65. The summed E-state index contributed by atoms with van der Waals surface area (Å²) >= 11 is 0. The fraction of sp³-hybridized carbons (Fsp3) is 0.429. The van der Waals surface area contributed by atoms with Gasteiger partial charge in [-0.1, -0.05) is 66.4 Å². The van der Waals surface area contributed by atoms with E-state index in [0.717, 1.165) is 48.7 Å². The van der Waals surface area contributed by atoms with Crippen molar-refractivity contribution in [2.75, 3.05) is 27.9 Å². The van der Waals surface area contributed by atoms with Crippen molar-refractivity contribution in [3.63, 3.8) is 0 Å². The summed E-state index contributed by atoms with van der Waals surface area (Å²) in [7, 11) is 4.61. The van der Waals surface area contributed by atoms with E-state index in [1.165, 1.54) is 21.3 Å². The van der Waals surface area contributed by atoms with Crippen LogP contribution in [0.3, 0.4) is 0 Å². The van der Waals surface area contributed by atoms with Crippen LogP contribution in [0, 0.1) is 6.92 Å². The van der Waals surface area contributed by atoms with Crippen LogP contribution in [0.2, 0.25) is 0 Å². The molecule has 0 radical (unpaired) electrons. The Bertz CT molecular complexity index is 1600. The Morgan fingerprint density at radius 1 is 0.956 bits per heavy atom. The van der Waals surface area contributed by atoms with Gasteiger partial charge in [-0.25, -0.2) is 4.68 Å². The summed E-state index contributed by atoms with van der Waals surface area (Å²) in [5.41, 5.74) is 4.20. The monoisotopic (exact) mass is 613 g/mol. The van der Waals surface area contributed by atoms with Gasteiger partial charge in [-0.15, -0.1) is 5.10 Å². The Labute approximate surface area is 264 Å². The number of carbonyl (C=O) groups excluding carboxylic acids is 2. The summed E-state index contributed by atoms with van der Waals surface area (Å²) in [6.45, 7) is 4.13. The summed E-state index contributed by atoms with van der Waals surface area (Å²) in [4.78, 5) is 30.8. The van der Waals surface area contributed by atoms with Crippen LogP contribution in [0.15, 0.2) is 60.7 Å². The molecular weight excluding hydrogens is 570 g/mol. The Morgan fingerprint density at radius 2 is 1.67 bits per heavy atom. The molecule has 0 aliphatic heterocycles. The number of amides is 2. The van der Waals surface area contributed by atoms with Crippen molar-refractivity contribution in [3.8, 4) is 17.2 Å². The first kappa shape index (κ1) is 31.8. The minimum absolute atomic E-state index is 0.0428. The van der Waals surface area contributed by atoms with Crippen molar-refractivity contribution in [2.24, 2.45) is 0 Å². The minimum atomic E-state index is -0.977. The van der Waals surface area contributed by atoms with E-state index in [1.54, 1.807) is 28.6 Å². The van der Waals surface area contributed by atoms with Crippen LogP contribution in [0.1, 0.15) is 67.8 Å². The molecule has 2 atom stereocenters. The second kappa shape index (κ2) is 14.5. The number of hydrogen-bond donors (Lipinski definition) is 1. The third-order valence-corrected chi connectivity index (χ3v) is 8.62. The molecule has 10 heteroatoms. The first-order valence-corrected chi connectivity index (χ1v) is 15.6. The molecular formula is C35H43N5O5. The molecule has 0 unspecified atom stereocenters. The maximum Gasteiger partial charge on any atom is 0.248 e. The average molecular weight is 614 g/mol. The zero-order chi connectivity index (χ0) is 31.9. The predicted molar refractivity (Wildman–Crippen MR) is 173 cm³/mol. The Hall–Kier alpha value is -4.60. The molecule has 0 spiro atoms. The molecule has 1 N–H and O–H groups in total. The normalized spacial score (nSPS) is 14.9. The van der Waals surface area contributed by atoms with Crippen LogP contribution in [0.25, 0.3) is 11.0 Å². The third-order valence-electron chi connectivity index (χ3n) is 8.62. The summed E-state index contributed by atoms with van der Waals surface area (Å²) in [5.74, 6) is 0.725. The van der Waals surface area contributed by atoms with Gasteiger partial charge in [0.05, 0.1) is 26.8 Å². The van der Waals surface area contributed by atoms with E-state index in [-0.39, 0.29) is 17.9 Å². The average Bonchev–Trinajstić information content (AvgIpc) is 3.50. The lowest BCUT2D eigenvalue weighted by Crippen LogP contribution is -2.49. The Morgan fingerprint density at radius 3 is 2.33 bits per heavy atom. The lowest BCUT2D eigenvalue weighted by atomic mass is 9.94. The fourth-order valence-corrected chi connectivity index (χ4v) is 6.26. The standard InChI is InChI=1S/C35H43N5O5/c1-23-12-11-13-25(20-23)18-19-39(35(42)24(2)40-29-17-10-9-16-28(29)37-38-40)32(34(41)36-27-14-7-6-8-15-27)26-21-30(43-3)33(45-5)31(22-26)44-4/h9-13,16-17,20-22,24,27,32H,6-8,14-15,18-19H2,1-5H3,(H,36,41)/t24-,32-/m0/s1. The quantitative estimate of drug-likeness (QED) is 0.222. The third kappa shape index (κ3) is 7.05. The van der Waals surface area contributed by atoms with Gasteiger partial charge in [-0.05, 0) is 68.5 Å². The number of fused-ring (bicyclic) bond motifs is 1. The summed E-state index contributed by atoms with van der Waals surface area (Å²) in [5, 5.41) is 11.9. The van der Waals surface area contributed by atoms with Gasteiger partial charge in [-0.2, -0.15) is 0 Å². The van der Waals surface area contributed by atoms with E-state index >= 15 is 0 Å². The highest BCUT2D eigenvalue weighted by molar-refractivity contribution is 5.91. The number of benzene rings is 3. The zero-order valence-corrected chi connectivity index (χ0v) is 26.8. The molecule has 45 heavy (non-hydrogen) atoms. The van der Waals surface area contributed by atoms with Crippen LogP contribution in [-0.4, -0.2) is 65.6 Å². The largest absolute Gasteiger partial charge is 0.493 e. The number of aryl methyl sites for hydroxylation is 1. The molecule has 4 aromatic rings. The van der Waals surface area contributed by atoms with Crippen molar-refractivity contribution >= 4 is 22.8 Å². The van der Waals surface area contributed by atoms with Crippen molar-refractivity contribution in [1.29, 1.82) is 0 Å². The number of carbonyl (C=O) groups is 2. The van der Waals surface area contributed by atoms with Gasteiger partial charge >= 0.3 is 0 Å². The van der Waals surface area contributed by atoms with E-state index in [2.05, 4.69) is 21.7 Å². The fourth-order valence-electron chi connectivity index (χ4n) is 6.26. The molecule has 1 heterocycles. The molecule has 1 aromatic heterocycles. The van der Waals surface area contributed by atoms with Crippen LogP contribution in [0.4, 0.5) is 0 Å². The second-order valence-corrected chi connectivity index (χ2v) is 11.7. The Kier molecular flexibility index (Phi) is 10.2. The van der Waals surface area contributed by atoms with Crippen molar-refractivity contribution in [1.82, 2.24) is 25.2 Å². The van der Waals surface area contributed by atoms with Crippen molar-refractivity contribution in [3.05, 3.63) is 77.4 Å². The summed E-state index contributed by atoms with van der Waals surface area (Å²) < 4.78 is 18.6. The molecule has 3 aromatic carbocycles.